The first kappa shape index (κ1) is 13.8. The molecule has 1 aliphatic rings. The molecule has 0 spiro atoms. The molecule has 1 saturated carbocycles. The lowest BCUT2D eigenvalue weighted by molar-refractivity contribution is 0.504. The van der Waals surface area contributed by atoms with Crippen LogP contribution in [0.2, 0.25) is 0 Å². The maximum absolute atomic E-state index is 2.00. The van der Waals surface area contributed by atoms with Gasteiger partial charge in [0.15, 0.2) is 0 Å². The summed E-state index contributed by atoms with van der Waals surface area (Å²) < 4.78 is 0. The average Bonchev–Trinajstić information content (AvgIpc) is 1.90. The summed E-state index contributed by atoms with van der Waals surface area (Å²) >= 11 is 0. The molecule has 0 heterocycles. The highest BCUT2D eigenvalue weighted by Crippen LogP contribution is 2.15. The maximum Gasteiger partial charge on any atom is -0.0140 e. The second kappa shape index (κ2) is 10.2. The number of rotatable bonds is 0. The summed E-state index contributed by atoms with van der Waals surface area (Å²) in [6.07, 6.45) is 9.00. The zero-order valence-electron chi connectivity index (χ0n) is 8.10. The molecule has 0 aromatic carbocycles. The fraction of sp³-hybridized carbons (Fsp3) is 1.00. The zero-order valence-corrected chi connectivity index (χ0v) is 8.91. The SMILES string of the molecule is C1CCCCC1.CN(C)C.Cl. The molecule has 70 valence electrons. The second-order valence-corrected chi connectivity index (χ2v) is 3.46. The Bertz CT molecular complexity index is 46.3. The van der Waals surface area contributed by atoms with Crippen LogP contribution in [0.1, 0.15) is 38.5 Å². The van der Waals surface area contributed by atoms with Crippen LogP contribution in [0.15, 0.2) is 0 Å². The largest absolute Gasteiger partial charge is 0.312 e. The van der Waals surface area contributed by atoms with Crippen LogP contribution in [0.3, 0.4) is 0 Å². The fourth-order valence-corrected chi connectivity index (χ4v) is 1.06. The van der Waals surface area contributed by atoms with Gasteiger partial charge in [0, 0.05) is 0 Å². The molecule has 0 radical (unpaired) electrons. The van der Waals surface area contributed by atoms with Crippen molar-refractivity contribution in [1.29, 1.82) is 0 Å². The van der Waals surface area contributed by atoms with Crippen LogP contribution < -0.4 is 0 Å². The van der Waals surface area contributed by atoms with Gasteiger partial charge in [-0.15, -0.1) is 12.4 Å². The third kappa shape index (κ3) is 17.9. The average molecular weight is 180 g/mol. The van der Waals surface area contributed by atoms with E-state index in [-0.39, 0.29) is 12.4 Å². The van der Waals surface area contributed by atoms with Crippen molar-refractivity contribution in [2.24, 2.45) is 0 Å². The molecule has 1 fully saturated rings. The molecule has 0 saturated heterocycles. The Morgan fingerprint density at radius 3 is 0.818 bits per heavy atom. The van der Waals surface area contributed by atoms with E-state index in [9.17, 15) is 0 Å². The summed E-state index contributed by atoms with van der Waals surface area (Å²) in [4.78, 5) is 2.00. The first-order valence-electron chi connectivity index (χ1n) is 4.34. The summed E-state index contributed by atoms with van der Waals surface area (Å²) in [5, 5.41) is 0. The van der Waals surface area contributed by atoms with E-state index < -0.39 is 0 Å². The van der Waals surface area contributed by atoms with Crippen molar-refractivity contribution in [2.75, 3.05) is 21.1 Å². The van der Waals surface area contributed by atoms with Gasteiger partial charge in [0.1, 0.15) is 0 Å². The Morgan fingerprint density at radius 1 is 0.636 bits per heavy atom. The first-order valence-corrected chi connectivity index (χ1v) is 4.34. The molecule has 1 aliphatic carbocycles. The molecule has 0 unspecified atom stereocenters. The van der Waals surface area contributed by atoms with E-state index in [2.05, 4.69) is 0 Å². The predicted molar refractivity (Wildman–Crippen MR) is 54.6 cm³/mol. The Morgan fingerprint density at radius 2 is 0.727 bits per heavy atom. The van der Waals surface area contributed by atoms with Gasteiger partial charge in [-0.1, -0.05) is 38.5 Å². The molecular formula is C9H22ClN. The van der Waals surface area contributed by atoms with Crippen molar-refractivity contribution < 1.29 is 0 Å². The molecule has 0 aromatic rings. The van der Waals surface area contributed by atoms with E-state index in [1.807, 2.05) is 26.0 Å². The molecule has 1 nitrogen and oxygen atoms in total. The molecule has 0 aliphatic heterocycles. The van der Waals surface area contributed by atoms with Crippen LogP contribution in [0, 0.1) is 0 Å². The van der Waals surface area contributed by atoms with E-state index >= 15 is 0 Å². The van der Waals surface area contributed by atoms with Gasteiger partial charge in [-0.3, -0.25) is 0 Å². The first-order chi connectivity index (χ1) is 4.73. The van der Waals surface area contributed by atoms with Crippen molar-refractivity contribution in [2.45, 2.75) is 38.5 Å². The van der Waals surface area contributed by atoms with Gasteiger partial charge in [-0.2, -0.15) is 0 Å². The number of hydrogen-bond donors (Lipinski definition) is 0. The van der Waals surface area contributed by atoms with Gasteiger partial charge in [-0.25, -0.2) is 0 Å². The fourth-order valence-electron chi connectivity index (χ4n) is 1.06. The molecule has 0 amide bonds. The predicted octanol–water partition coefficient (Wildman–Crippen LogP) is 2.94. The summed E-state index contributed by atoms with van der Waals surface area (Å²) in [5.41, 5.74) is 0. The molecule has 2 heteroatoms. The van der Waals surface area contributed by atoms with Crippen molar-refractivity contribution >= 4 is 12.4 Å². The quantitative estimate of drug-likeness (QED) is 0.553. The van der Waals surface area contributed by atoms with Crippen molar-refractivity contribution in [1.82, 2.24) is 4.90 Å². The number of nitrogens with zero attached hydrogens (tertiary/aromatic N) is 1. The Labute approximate surface area is 77.6 Å². The van der Waals surface area contributed by atoms with Gasteiger partial charge < -0.3 is 4.90 Å². The molecule has 0 aromatic heterocycles. The summed E-state index contributed by atoms with van der Waals surface area (Å²) in [6.45, 7) is 0. The van der Waals surface area contributed by atoms with Crippen LogP contribution in [-0.2, 0) is 0 Å². The number of halogens is 1. The van der Waals surface area contributed by atoms with Crippen LogP contribution >= 0.6 is 12.4 Å². The van der Waals surface area contributed by atoms with Crippen LogP contribution in [-0.4, -0.2) is 26.0 Å². The Balaban J connectivity index is 0. The Hall–Kier alpha value is 0.250. The van der Waals surface area contributed by atoms with E-state index in [0.29, 0.717) is 0 Å². The van der Waals surface area contributed by atoms with E-state index in [4.69, 9.17) is 0 Å². The summed E-state index contributed by atoms with van der Waals surface area (Å²) in [5.74, 6) is 0. The lowest BCUT2D eigenvalue weighted by Gasteiger charge is -2.05. The smallest absolute Gasteiger partial charge is 0.0140 e. The van der Waals surface area contributed by atoms with Crippen LogP contribution in [0.25, 0.3) is 0 Å². The standard InChI is InChI=1S/C6H12.C3H9N.ClH/c1-2-4-6-5-3-1;1-4(2)3;/h1-6H2;1-3H3;1H. The van der Waals surface area contributed by atoms with Crippen molar-refractivity contribution in [3.05, 3.63) is 0 Å². The highest BCUT2D eigenvalue weighted by atomic mass is 35.5. The zero-order chi connectivity index (χ0) is 7.82. The monoisotopic (exact) mass is 179 g/mol. The minimum atomic E-state index is 0. The molecular weight excluding hydrogens is 158 g/mol. The third-order valence-electron chi connectivity index (χ3n) is 1.50. The van der Waals surface area contributed by atoms with E-state index in [1.165, 1.54) is 38.5 Å². The topological polar surface area (TPSA) is 3.24 Å². The minimum Gasteiger partial charge on any atom is -0.312 e. The molecule has 0 atom stereocenters. The van der Waals surface area contributed by atoms with Crippen molar-refractivity contribution in [3.8, 4) is 0 Å². The third-order valence-corrected chi connectivity index (χ3v) is 1.50. The molecule has 0 bridgehead atoms. The van der Waals surface area contributed by atoms with Gasteiger partial charge in [0.2, 0.25) is 0 Å². The van der Waals surface area contributed by atoms with E-state index in [0.717, 1.165) is 0 Å². The molecule has 11 heavy (non-hydrogen) atoms. The van der Waals surface area contributed by atoms with Gasteiger partial charge in [-0.05, 0) is 21.1 Å². The van der Waals surface area contributed by atoms with Crippen LogP contribution in [0.4, 0.5) is 0 Å². The van der Waals surface area contributed by atoms with Gasteiger partial charge in [0.05, 0.1) is 0 Å². The lowest BCUT2D eigenvalue weighted by atomic mass is 10.0. The Kier molecular flexibility index (Phi) is 12.9. The highest BCUT2D eigenvalue weighted by molar-refractivity contribution is 5.85. The second-order valence-electron chi connectivity index (χ2n) is 3.46. The highest BCUT2D eigenvalue weighted by Gasteiger charge is 1.95. The van der Waals surface area contributed by atoms with Crippen LogP contribution in [0.5, 0.6) is 0 Å². The maximum atomic E-state index is 2.00. The molecule has 1 rings (SSSR count). The number of hydrogen-bond acceptors (Lipinski definition) is 1. The normalized spacial score (nSPS) is 16.4. The lowest BCUT2D eigenvalue weighted by Crippen LogP contribution is -1.99. The minimum absolute atomic E-state index is 0. The summed E-state index contributed by atoms with van der Waals surface area (Å²) in [6, 6.07) is 0. The van der Waals surface area contributed by atoms with E-state index in [1.54, 1.807) is 0 Å². The van der Waals surface area contributed by atoms with Gasteiger partial charge in [0.25, 0.3) is 0 Å². The van der Waals surface area contributed by atoms with Gasteiger partial charge >= 0.3 is 0 Å². The summed E-state index contributed by atoms with van der Waals surface area (Å²) in [7, 11) is 6.00. The van der Waals surface area contributed by atoms with Crippen molar-refractivity contribution in [3.63, 3.8) is 0 Å². The molecule has 0 N–H and O–H groups in total.